The van der Waals surface area contributed by atoms with Gasteiger partial charge in [0.1, 0.15) is 11.6 Å². The molecule has 2 amide bonds. The Kier molecular flexibility index (Phi) is 5.48. The van der Waals surface area contributed by atoms with Gasteiger partial charge in [0, 0.05) is 6.54 Å². The second kappa shape index (κ2) is 7.55. The number of halogens is 1. The summed E-state index contributed by atoms with van der Waals surface area (Å²) in [7, 11) is 3.66. The van der Waals surface area contributed by atoms with E-state index in [0.717, 1.165) is 0 Å². The number of carbonyl (C=O) groups excluding carboxylic acids is 2. The summed E-state index contributed by atoms with van der Waals surface area (Å²) in [6.07, 6.45) is 1.54. The molecule has 0 unspecified atom stereocenters. The maximum atomic E-state index is 13.5. The number of benzene rings is 1. The van der Waals surface area contributed by atoms with Gasteiger partial charge in [0.05, 0.1) is 18.0 Å². The molecule has 0 fully saturated rings. The van der Waals surface area contributed by atoms with E-state index in [-0.39, 0.29) is 18.3 Å². The van der Waals surface area contributed by atoms with Crippen molar-refractivity contribution in [3.63, 3.8) is 0 Å². The first-order chi connectivity index (χ1) is 11.0. The van der Waals surface area contributed by atoms with Gasteiger partial charge in [-0.15, -0.1) is 0 Å². The molecule has 0 aliphatic carbocycles. The van der Waals surface area contributed by atoms with E-state index in [0.29, 0.717) is 5.76 Å². The van der Waals surface area contributed by atoms with Crippen molar-refractivity contribution in [3.8, 4) is 0 Å². The van der Waals surface area contributed by atoms with Crippen LogP contribution in [0.1, 0.15) is 11.8 Å². The third-order valence-electron chi connectivity index (χ3n) is 3.28. The van der Waals surface area contributed by atoms with Crippen molar-refractivity contribution >= 4 is 17.5 Å². The van der Waals surface area contributed by atoms with Gasteiger partial charge in [-0.25, -0.2) is 4.39 Å². The third-order valence-corrected chi connectivity index (χ3v) is 3.28. The molecule has 1 aromatic carbocycles. The molecule has 2 rings (SSSR count). The highest BCUT2D eigenvalue weighted by molar-refractivity contribution is 6.39. The molecule has 0 aliphatic heterocycles. The predicted molar refractivity (Wildman–Crippen MR) is 83.2 cm³/mol. The fourth-order valence-corrected chi connectivity index (χ4v) is 2.03. The largest absolute Gasteiger partial charge is 0.468 e. The zero-order chi connectivity index (χ0) is 16.8. The molecule has 1 atom stereocenters. The molecule has 0 saturated carbocycles. The standard InChI is InChI=1S/C16H18FN3O3/c1-20(2)13(14-8-5-9-23-14)10-18-15(21)16(22)19-12-7-4-3-6-11(12)17/h3-9,13H,10H2,1-2H3,(H,18,21)(H,19,22)/t13-/m0/s1. The van der Waals surface area contributed by atoms with Gasteiger partial charge in [0.15, 0.2) is 0 Å². The molecule has 7 heteroatoms. The molecular weight excluding hydrogens is 301 g/mol. The number of furan rings is 1. The predicted octanol–water partition coefficient (Wildman–Crippen LogP) is 1.78. The Hall–Kier alpha value is -2.67. The highest BCUT2D eigenvalue weighted by atomic mass is 19.1. The first-order valence-corrected chi connectivity index (χ1v) is 7.02. The van der Waals surface area contributed by atoms with E-state index in [1.54, 1.807) is 24.5 Å². The minimum Gasteiger partial charge on any atom is -0.468 e. The fourth-order valence-electron chi connectivity index (χ4n) is 2.03. The number of anilines is 1. The lowest BCUT2D eigenvalue weighted by Gasteiger charge is -2.22. The third kappa shape index (κ3) is 4.40. The Morgan fingerprint density at radius 2 is 1.91 bits per heavy atom. The highest BCUT2D eigenvalue weighted by Gasteiger charge is 2.21. The van der Waals surface area contributed by atoms with E-state index in [1.807, 2.05) is 19.0 Å². The average molecular weight is 319 g/mol. The molecule has 0 saturated heterocycles. The maximum absolute atomic E-state index is 13.5. The molecule has 6 nitrogen and oxygen atoms in total. The van der Waals surface area contributed by atoms with Crippen LogP contribution in [0.3, 0.4) is 0 Å². The van der Waals surface area contributed by atoms with Gasteiger partial charge < -0.3 is 15.1 Å². The monoisotopic (exact) mass is 319 g/mol. The SMILES string of the molecule is CN(C)[C@@H](CNC(=O)C(=O)Nc1ccccc1F)c1ccco1. The number of amides is 2. The topological polar surface area (TPSA) is 74.6 Å². The summed E-state index contributed by atoms with van der Waals surface area (Å²) < 4.78 is 18.8. The van der Waals surface area contributed by atoms with E-state index < -0.39 is 17.6 Å². The van der Waals surface area contributed by atoms with Crippen molar-refractivity contribution in [2.24, 2.45) is 0 Å². The Bertz CT molecular complexity index is 671. The summed E-state index contributed by atoms with van der Waals surface area (Å²) >= 11 is 0. The second-order valence-electron chi connectivity index (χ2n) is 5.14. The zero-order valence-electron chi connectivity index (χ0n) is 12.9. The van der Waals surface area contributed by atoms with Crippen molar-refractivity contribution in [1.82, 2.24) is 10.2 Å². The zero-order valence-corrected chi connectivity index (χ0v) is 12.9. The van der Waals surface area contributed by atoms with Gasteiger partial charge in [0.25, 0.3) is 0 Å². The Balaban J connectivity index is 1.93. The lowest BCUT2D eigenvalue weighted by atomic mass is 10.2. The van der Waals surface area contributed by atoms with Gasteiger partial charge >= 0.3 is 11.8 Å². The van der Waals surface area contributed by atoms with Gasteiger partial charge in [-0.05, 0) is 38.4 Å². The van der Waals surface area contributed by atoms with Gasteiger partial charge in [-0.2, -0.15) is 0 Å². The Labute approximate surface area is 133 Å². The van der Waals surface area contributed by atoms with Crippen LogP contribution in [0.25, 0.3) is 0 Å². The number of likely N-dealkylation sites (N-methyl/N-ethyl adjacent to an activating group) is 1. The Morgan fingerprint density at radius 1 is 1.17 bits per heavy atom. The summed E-state index contributed by atoms with van der Waals surface area (Å²) in [6, 6.07) is 8.97. The molecule has 2 aromatic rings. The maximum Gasteiger partial charge on any atom is 0.313 e. The first-order valence-electron chi connectivity index (χ1n) is 7.02. The lowest BCUT2D eigenvalue weighted by Crippen LogP contribution is -2.40. The van der Waals surface area contributed by atoms with Crippen molar-refractivity contribution in [3.05, 3.63) is 54.2 Å². The van der Waals surface area contributed by atoms with Crippen LogP contribution in [0.5, 0.6) is 0 Å². The van der Waals surface area contributed by atoms with Gasteiger partial charge in [-0.3, -0.25) is 14.5 Å². The van der Waals surface area contributed by atoms with Gasteiger partial charge in [0.2, 0.25) is 0 Å². The van der Waals surface area contributed by atoms with E-state index in [4.69, 9.17) is 4.42 Å². The number of nitrogens with one attached hydrogen (secondary N) is 2. The molecule has 2 N–H and O–H groups in total. The van der Waals surface area contributed by atoms with Crippen LogP contribution in [-0.4, -0.2) is 37.4 Å². The van der Waals surface area contributed by atoms with E-state index in [9.17, 15) is 14.0 Å². The van der Waals surface area contributed by atoms with Crippen LogP contribution >= 0.6 is 0 Å². The van der Waals surface area contributed by atoms with Crippen molar-refractivity contribution in [2.75, 3.05) is 26.0 Å². The van der Waals surface area contributed by atoms with Gasteiger partial charge in [-0.1, -0.05) is 12.1 Å². The normalized spacial score (nSPS) is 12.0. The van der Waals surface area contributed by atoms with Crippen molar-refractivity contribution in [1.29, 1.82) is 0 Å². The minimum atomic E-state index is -0.924. The van der Waals surface area contributed by atoms with Crippen LogP contribution in [0.4, 0.5) is 10.1 Å². The number of hydrogen-bond acceptors (Lipinski definition) is 4. The molecule has 23 heavy (non-hydrogen) atoms. The quantitative estimate of drug-likeness (QED) is 0.824. The van der Waals surface area contributed by atoms with Crippen LogP contribution in [0.2, 0.25) is 0 Å². The lowest BCUT2D eigenvalue weighted by molar-refractivity contribution is -0.136. The molecular formula is C16H18FN3O3. The molecule has 1 heterocycles. The molecule has 0 spiro atoms. The van der Waals surface area contributed by atoms with E-state index in [2.05, 4.69) is 10.6 Å². The first kappa shape index (κ1) is 16.7. The molecule has 1 aromatic heterocycles. The minimum absolute atomic E-state index is 0.0390. The summed E-state index contributed by atoms with van der Waals surface area (Å²) in [5.41, 5.74) is -0.0390. The molecule has 0 bridgehead atoms. The average Bonchev–Trinajstić information content (AvgIpc) is 3.03. The van der Waals surface area contributed by atoms with Crippen LogP contribution in [0.15, 0.2) is 47.1 Å². The summed E-state index contributed by atoms with van der Waals surface area (Å²) in [6.45, 7) is 0.185. The number of para-hydroxylation sites is 1. The smallest absolute Gasteiger partial charge is 0.313 e. The van der Waals surface area contributed by atoms with E-state index >= 15 is 0 Å². The summed E-state index contributed by atoms with van der Waals surface area (Å²) in [4.78, 5) is 25.5. The van der Waals surface area contributed by atoms with Crippen molar-refractivity contribution in [2.45, 2.75) is 6.04 Å². The Morgan fingerprint density at radius 3 is 2.52 bits per heavy atom. The number of nitrogens with zero attached hydrogens (tertiary/aromatic N) is 1. The van der Waals surface area contributed by atoms with Crippen LogP contribution in [0, 0.1) is 5.82 Å². The number of carbonyl (C=O) groups is 2. The van der Waals surface area contributed by atoms with Crippen LogP contribution < -0.4 is 10.6 Å². The number of hydrogen-bond donors (Lipinski definition) is 2. The summed E-state index contributed by atoms with van der Waals surface area (Å²) in [5, 5.41) is 4.75. The second-order valence-corrected chi connectivity index (χ2v) is 5.14. The van der Waals surface area contributed by atoms with E-state index in [1.165, 1.54) is 18.2 Å². The summed E-state index contributed by atoms with van der Waals surface area (Å²) in [5.74, 6) is -1.70. The van der Waals surface area contributed by atoms with Crippen LogP contribution in [-0.2, 0) is 9.59 Å². The molecule has 0 radical (unpaired) electrons. The van der Waals surface area contributed by atoms with Crippen molar-refractivity contribution < 1.29 is 18.4 Å². The number of rotatable bonds is 5. The fraction of sp³-hybridized carbons (Fsp3) is 0.250. The molecule has 122 valence electrons. The highest BCUT2D eigenvalue weighted by Crippen LogP contribution is 2.17. The molecule has 0 aliphatic rings.